The Morgan fingerprint density at radius 3 is 2.75 bits per heavy atom. The predicted octanol–water partition coefficient (Wildman–Crippen LogP) is 1.68. The van der Waals surface area contributed by atoms with Crippen LogP contribution >= 0.6 is 0 Å². The van der Waals surface area contributed by atoms with Gasteiger partial charge in [-0.2, -0.15) is 13.2 Å². The predicted molar refractivity (Wildman–Crippen MR) is 67.7 cm³/mol. The Balaban J connectivity index is 2.38. The van der Waals surface area contributed by atoms with Crippen LogP contribution in [0.25, 0.3) is 0 Å². The first kappa shape index (κ1) is 16.7. The average molecular weight is 293 g/mol. The van der Waals surface area contributed by atoms with E-state index >= 15 is 0 Å². The number of halogens is 3. The second-order valence-corrected chi connectivity index (χ2v) is 4.19. The number of hydrogen-bond acceptors (Lipinski definition) is 4. The number of aliphatic hydroxyl groups is 1. The lowest BCUT2D eigenvalue weighted by Crippen LogP contribution is -2.33. The third-order valence-electron chi connectivity index (χ3n) is 2.47. The van der Waals surface area contributed by atoms with E-state index in [1.807, 2.05) is 0 Å². The quantitative estimate of drug-likeness (QED) is 0.716. The maximum Gasteiger partial charge on any atom is 0.416 e. The zero-order valence-electron chi connectivity index (χ0n) is 11.1. The average Bonchev–Trinajstić information content (AvgIpc) is 2.41. The zero-order chi connectivity index (χ0) is 15.0. The molecule has 2 N–H and O–H groups in total. The van der Waals surface area contributed by atoms with Crippen LogP contribution in [0.1, 0.15) is 5.56 Å². The number of ether oxygens (including phenoxy) is 2. The first-order valence-electron chi connectivity index (χ1n) is 6.11. The molecule has 114 valence electrons. The van der Waals surface area contributed by atoms with Gasteiger partial charge < -0.3 is 19.9 Å². The Hall–Kier alpha value is -1.31. The minimum atomic E-state index is -4.40. The largest absolute Gasteiger partial charge is 0.491 e. The van der Waals surface area contributed by atoms with E-state index in [4.69, 9.17) is 9.47 Å². The van der Waals surface area contributed by atoms with Gasteiger partial charge in [-0.25, -0.2) is 0 Å². The summed E-state index contributed by atoms with van der Waals surface area (Å²) in [4.78, 5) is 0. The summed E-state index contributed by atoms with van der Waals surface area (Å²) < 4.78 is 47.4. The van der Waals surface area contributed by atoms with E-state index in [2.05, 4.69) is 5.32 Å². The Bertz CT molecular complexity index is 399. The first-order chi connectivity index (χ1) is 9.43. The molecule has 7 heteroatoms. The number of aliphatic hydroxyl groups excluding tert-OH is 1. The van der Waals surface area contributed by atoms with Crippen molar-refractivity contribution in [3.8, 4) is 5.75 Å². The van der Waals surface area contributed by atoms with Crippen LogP contribution in [0.5, 0.6) is 5.75 Å². The van der Waals surface area contributed by atoms with Crippen LogP contribution < -0.4 is 10.1 Å². The van der Waals surface area contributed by atoms with Crippen LogP contribution in [0.3, 0.4) is 0 Å². The van der Waals surface area contributed by atoms with Crippen molar-refractivity contribution in [3.05, 3.63) is 29.8 Å². The van der Waals surface area contributed by atoms with Gasteiger partial charge in [0.1, 0.15) is 18.5 Å². The van der Waals surface area contributed by atoms with Crippen molar-refractivity contribution < 1.29 is 27.8 Å². The molecule has 0 aliphatic heterocycles. The van der Waals surface area contributed by atoms with Gasteiger partial charge in [-0.05, 0) is 18.2 Å². The lowest BCUT2D eigenvalue weighted by atomic mass is 10.2. The van der Waals surface area contributed by atoms with Gasteiger partial charge in [-0.3, -0.25) is 0 Å². The fourth-order valence-electron chi connectivity index (χ4n) is 1.46. The highest BCUT2D eigenvalue weighted by atomic mass is 19.4. The molecular formula is C13H18F3NO3. The smallest absolute Gasteiger partial charge is 0.416 e. The van der Waals surface area contributed by atoms with Crippen molar-refractivity contribution in [3.63, 3.8) is 0 Å². The van der Waals surface area contributed by atoms with Gasteiger partial charge in [0.2, 0.25) is 0 Å². The Morgan fingerprint density at radius 2 is 2.10 bits per heavy atom. The van der Waals surface area contributed by atoms with Crippen LogP contribution in [0, 0.1) is 0 Å². The van der Waals surface area contributed by atoms with Gasteiger partial charge in [-0.1, -0.05) is 6.07 Å². The molecule has 4 nitrogen and oxygen atoms in total. The Morgan fingerprint density at radius 1 is 1.35 bits per heavy atom. The summed E-state index contributed by atoms with van der Waals surface area (Å²) in [5.74, 6) is 0.0794. The minimum absolute atomic E-state index is 0.0794. The number of benzene rings is 1. The van der Waals surface area contributed by atoms with E-state index < -0.39 is 17.8 Å². The van der Waals surface area contributed by atoms with Gasteiger partial charge >= 0.3 is 6.18 Å². The van der Waals surface area contributed by atoms with Crippen molar-refractivity contribution in [2.45, 2.75) is 12.3 Å². The summed E-state index contributed by atoms with van der Waals surface area (Å²) in [5, 5.41) is 12.5. The Labute approximate surface area is 115 Å². The number of rotatable bonds is 8. The molecule has 0 aromatic heterocycles. The van der Waals surface area contributed by atoms with E-state index in [9.17, 15) is 18.3 Å². The van der Waals surface area contributed by atoms with Crippen LogP contribution in [-0.2, 0) is 10.9 Å². The molecule has 1 atom stereocenters. The molecule has 1 aromatic rings. The van der Waals surface area contributed by atoms with E-state index in [0.717, 1.165) is 12.1 Å². The number of hydrogen-bond donors (Lipinski definition) is 2. The van der Waals surface area contributed by atoms with E-state index in [1.165, 1.54) is 12.1 Å². The molecule has 1 unspecified atom stereocenters. The molecule has 0 aliphatic rings. The lowest BCUT2D eigenvalue weighted by molar-refractivity contribution is -0.137. The molecule has 0 heterocycles. The fraction of sp³-hybridized carbons (Fsp3) is 0.538. The monoisotopic (exact) mass is 293 g/mol. The highest BCUT2D eigenvalue weighted by Gasteiger charge is 2.30. The van der Waals surface area contributed by atoms with Crippen molar-refractivity contribution in [2.24, 2.45) is 0 Å². The molecule has 0 amide bonds. The second kappa shape index (κ2) is 8.08. The van der Waals surface area contributed by atoms with E-state index in [1.54, 1.807) is 7.11 Å². The van der Waals surface area contributed by atoms with Crippen LogP contribution in [0.15, 0.2) is 24.3 Å². The zero-order valence-corrected chi connectivity index (χ0v) is 11.1. The molecule has 20 heavy (non-hydrogen) atoms. The number of alkyl halides is 3. The molecule has 0 saturated heterocycles. The van der Waals surface area contributed by atoms with E-state index in [0.29, 0.717) is 13.2 Å². The summed E-state index contributed by atoms with van der Waals surface area (Å²) in [6, 6.07) is 4.56. The third-order valence-corrected chi connectivity index (χ3v) is 2.47. The van der Waals surface area contributed by atoms with Gasteiger partial charge in [0.25, 0.3) is 0 Å². The van der Waals surface area contributed by atoms with Crippen molar-refractivity contribution >= 4 is 0 Å². The molecule has 1 aromatic carbocycles. The Kier molecular flexibility index (Phi) is 6.77. The molecule has 0 bridgehead atoms. The normalized spacial score (nSPS) is 13.2. The summed E-state index contributed by atoms with van der Waals surface area (Å²) in [6.45, 7) is 1.29. The maximum absolute atomic E-state index is 12.5. The summed E-state index contributed by atoms with van der Waals surface area (Å²) in [6.07, 6.45) is -5.21. The molecular weight excluding hydrogens is 275 g/mol. The van der Waals surface area contributed by atoms with Crippen LogP contribution in [0.4, 0.5) is 13.2 Å². The third kappa shape index (κ3) is 6.23. The molecule has 1 rings (SSSR count). The van der Waals surface area contributed by atoms with Gasteiger partial charge in [0.05, 0.1) is 12.2 Å². The molecule has 0 aliphatic carbocycles. The lowest BCUT2D eigenvalue weighted by Gasteiger charge is -2.14. The molecule has 0 saturated carbocycles. The van der Waals surface area contributed by atoms with Crippen molar-refractivity contribution in [1.82, 2.24) is 5.32 Å². The van der Waals surface area contributed by atoms with E-state index in [-0.39, 0.29) is 18.9 Å². The summed E-state index contributed by atoms with van der Waals surface area (Å²) >= 11 is 0. The topological polar surface area (TPSA) is 50.7 Å². The molecule has 0 fully saturated rings. The van der Waals surface area contributed by atoms with Crippen molar-refractivity contribution in [2.75, 3.05) is 33.4 Å². The second-order valence-electron chi connectivity index (χ2n) is 4.19. The van der Waals surface area contributed by atoms with Gasteiger partial charge in [0.15, 0.2) is 0 Å². The van der Waals surface area contributed by atoms with Crippen LogP contribution in [0.2, 0.25) is 0 Å². The molecule has 0 radical (unpaired) electrons. The maximum atomic E-state index is 12.5. The number of methoxy groups -OCH3 is 1. The standard InChI is InChI=1S/C13H18F3NO3/c1-19-6-5-17-8-11(18)9-20-12-4-2-3-10(7-12)13(14,15)16/h2-4,7,11,17-18H,5-6,8-9H2,1H3. The fourth-order valence-corrected chi connectivity index (χ4v) is 1.46. The molecule has 0 spiro atoms. The van der Waals surface area contributed by atoms with Gasteiger partial charge in [0, 0.05) is 20.2 Å². The highest BCUT2D eigenvalue weighted by Crippen LogP contribution is 2.31. The van der Waals surface area contributed by atoms with Crippen molar-refractivity contribution in [1.29, 1.82) is 0 Å². The summed E-state index contributed by atoms with van der Waals surface area (Å²) in [5.41, 5.74) is -0.775. The van der Waals surface area contributed by atoms with Gasteiger partial charge in [-0.15, -0.1) is 0 Å². The first-order valence-corrected chi connectivity index (χ1v) is 6.11. The summed E-state index contributed by atoms with van der Waals surface area (Å²) in [7, 11) is 1.56. The number of nitrogens with one attached hydrogen (secondary N) is 1. The minimum Gasteiger partial charge on any atom is -0.491 e. The van der Waals surface area contributed by atoms with Crippen LogP contribution in [-0.4, -0.2) is 44.6 Å². The SMILES string of the molecule is COCCNCC(O)COc1cccc(C(F)(F)F)c1. The highest BCUT2D eigenvalue weighted by molar-refractivity contribution is 5.30.